The first kappa shape index (κ1) is 14.2. The van der Waals surface area contributed by atoms with Gasteiger partial charge in [0.2, 0.25) is 0 Å². The molecule has 0 aliphatic rings. The molecule has 0 unspecified atom stereocenters. The summed E-state index contributed by atoms with van der Waals surface area (Å²) in [6.45, 7) is 1.35. The molecule has 0 aliphatic carbocycles. The van der Waals surface area contributed by atoms with Crippen LogP contribution >= 0.6 is 0 Å². The third kappa shape index (κ3) is 3.19. The highest BCUT2D eigenvalue weighted by atomic mass is 16.3. The number of Topliss-reactive ketones (excluding diaryl/α,β-unsaturated/α-hetero) is 1. The molecule has 0 atom stereocenters. The van der Waals surface area contributed by atoms with Crippen LogP contribution in [0.5, 0.6) is 0 Å². The van der Waals surface area contributed by atoms with Crippen molar-refractivity contribution in [2.75, 3.05) is 0 Å². The molecule has 3 heteroatoms. The lowest BCUT2D eigenvalue weighted by Crippen LogP contribution is -2.06. The lowest BCUT2D eigenvalue weighted by molar-refractivity contribution is -0.116. The number of aliphatic hydroxyl groups is 1. The van der Waals surface area contributed by atoms with E-state index < -0.39 is 0 Å². The topological polar surface area (TPSA) is 54.4 Å². The maximum absolute atomic E-state index is 12.5. The second-order valence-corrected chi connectivity index (χ2v) is 4.72. The highest BCUT2D eigenvalue weighted by molar-refractivity contribution is 6.10. The quantitative estimate of drug-likeness (QED) is 0.848. The zero-order valence-electron chi connectivity index (χ0n) is 11.3. The van der Waals surface area contributed by atoms with Gasteiger partial charge in [0.1, 0.15) is 5.78 Å². The van der Waals surface area contributed by atoms with Gasteiger partial charge in [0.15, 0.2) is 5.78 Å². The summed E-state index contributed by atoms with van der Waals surface area (Å²) in [5, 5.41) is 9.29. The van der Waals surface area contributed by atoms with Crippen LogP contribution in [-0.4, -0.2) is 16.7 Å². The molecule has 2 aromatic rings. The summed E-state index contributed by atoms with van der Waals surface area (Å²) >= 11 is 0. The summed E-state index contributed by atoms with van der Waals surface area (Å²) in [5.41, 5.74) is 2.46. The molecule has 0 aliphatic heterocycles. The third-order valence-electron chi connectivity index (χ3n) is 3.07. The Labute approximate surface area is 117 Å². The van der Waals surface area contributed by atoms with Crippen molar-refractivity contribution in [3.63, 3.8) is 0 Å². The van der Waals surface area contributed by atoms with Gasteiger partial charge in [0, 0.05) is 17.5 Å². The Morgan fingerprint density at radius 2 is 1.80 bits per heavy atom. The van der Waals surface area contributed by atoms with Crippen LogP contribution < -0.4 is 0 Å². The van der Waals surface area contributed by atoms with Gasteiger partial charge in [-0.25, -0.2) is 0 Å². The Morgan fingerprint density at radius 3 is 2.50 bits per heavy atom. The van der Waals surface area contributed by atoms with E-state index >= 15 is 0 Å². The first-order valence-electron chi connectivity index (χ1n) is 6.43. The molecule has 102 valence electrons. The van der Waals surface area contributed by atoms with Crippen molar-refractivity contribution in [1.29, 1.82) is 0 Å². The maximum atomic E-state index is 12.5. The molecule has 0 fully saturated rings. The first-order valence-corrected chi connectivity index (χ1v) is 6.43. The number of carbonyl (C=O) groups excluding carboxylic acids is 2. The lowest BCUT2D eigenvalue weighted by Gasteiger charge is -2.07. The standard InChI is InChI=1S/C17H16O3/c1-12(19)9-13-5-4-7-14(10-13)17(20)16-8-3-2-6-15(16)11-18/h2-8,10,18H,9,11H2,1H3. The molecule has 0 saturated heterocycles. The van der Waals surface area contributed by atoms with Gasteiger partial charge in [-0.15, -0.1) is 0 Å². The molecule has 0 aromatic heterocycles. The van der Waals surface area contributed by atoms with E-state index in [4.69, 9.17) is 0 Å². The van der Waals surface area contributed by atoms with Gasteiger partial charge in [-0.3, -0.25) is 9.59 Å². The normalized spacial score (nSPS) is 10.3. The average Bonchev–Trinajstić information content (AvgIpc) is 2.46. The molecule has 0 spiro atoms. The Bertz CT molecular complexity index is 644. The van der Waals surface area contributed by atoms with Crippen molar-refractivity contribution in [2.24, 2.45) is 0 Å². The number of aliphatic hydroxyl groups excluding tert-OH is 1. The van der Waals surface area contributed by atoms with E-state index in [0.29, 0.717) is 23.1 Å². The summed E-state index contributed by atoms with van der Waals surface area (Å²) in [6.07, 6.45) is 0.322. The Kier molecular flexibility index (Phi) is 4.43. The number of rotatable bonds is 5. The van der Waals surface area contributed by atoms with Crippen molar-refractivity contribution in [3.05, 3.63) is 70.8 Å². The van der Waals surface area contributed by atoms with Crippen molar-refractivity contribution >= 4 is 11.6 Å². The molecule has 0 bridgehead atoms. The molecule has 0 saturated carbocycles. The van der Waals surface area contributed by atoms with Crippen LogP contribution in [-0.2, 0) is 17.8 Å². The highest BCUT2D eigenvalue weighted by Gasteiger charge is 2.13. The van der Waals surface area contributed by atoms with Crippen LogP contribution in [0.1, 0.15) is 34.0 Å². The van der Waals surface area contributed by atoms with E-state index in [1.165, 1.54) is 6.92 Å². The van der Waals surface area contributed by atoms with E-state index in [2.05, 4.69) is 0 Å². The smallest absolute Gasteiger partial charge is 0.193 e. The molecule has 1 N–H and O–H groups in total. The van der Waals surface area contributed by atoms with Gasteiger partial charge in [-0.05, 0) is 24.1 Å². The van der Waals surface area contributed by atoms with Gasteiger partial charge < -0.3 is 5.11 Å². The summed E-state index contributed by atoms with van der Waals surface area (Å²) < 4.78 is 0. The molecule has 0 heterocycles. The van der Waals surface area contributed by atoms with Gasteiger partial charge in [0.25, 0.3) is 0 Å². The largest absolute Gasteiger partial charge is 0.392 e. The minimum absolute atomic E-state index is 0.0605. The summed E-state index contributed by atoms with van der Waals surface area (Å²) in [4.78, 5) is 23.6. The minimum Gasteiger partial charge on any atom is -0.392 e. The highest BCUT2D eigenvalue weighted by Crippen LogP contribution is 2.16. The Morgan fingerprint density at radius 1 is 1.05 bits per heavy atom. The SMILES string of the molecule is CC(=O)Cc1cccc(C(=O)c2ccccc2CO)c1. The van der Waals surface area contributed by atoms with Gasteiger partial charge in [-0.2, -0.15) is 0 Å². The number of carbonyl (C=O) groups is 2. The van der Waals surface area contributed by atoms with Crippen LogP contribution in [0.15, 0.2) is 48.5 Å². The first-order chi connectivity index (χ1) is 9.61. The Hall–Kier alpha value is -2.26. The molecule has 2 aromatic carbocycles. The maximum Gasteiger partial charge on any atom is 0.193 e. The molecule has 2 rings (SSSR count). The zero-order valence-corrected chi connectivity index (χ0v) is 11.3. The predicted molar refractivity (Wildman–Crippen MR) is 76.6 cm³/mol. The second-order valence-electron chi connectivity index (χ2n) is 4.72. The van der Waals surface area contributed by atoms with E-state index in [1.807, 2.05) is 6.07 Å². The molecule has 3 nitrogen and oxygen atoms in total. The predicted octanol–water partition coefficient (Wildman–Crippen LogP) is 2.54. The fraction of sp³-hybridized carbons (Fsp3) is 0.176. The summed E-state index contributed by atoms with van der Waals surface area (Å²) in [5.74, 6) is -0.0783. The van der Waals surface area contributed by atoms with Crippen molar-refractivity contribution in [3.8, 4) is 0 Å². The zero-order chi connectivity index (χ0) is 14.5. The molecule has 0 amide bonds. The third-order valence-corrected chi connectivity index (χ3v) is 3.07. The van der Waals surface area contributed by atoms with Gasteiger partial charge in [0.05, 0.1) is 6.61 Å². The fourth-order valence-electron chi connectivity index (χ4n) is 2.15. The molecule has 0 radical (unpaired) electrons. The molecular formula is C17H16O3. The van der Waals surface area contributed by atoms with Crippen LogP contribution in [0.25, 0.3) is 0 Å². The molecular weight excluding hydrogens is 252 g/mol. The summed E-state index contributed by atoms with van der Waals surface area (Å²) in [7, 11) is 0. The van der Waals surface area contributed by atoms with Crippen LogP contribution in [0, 0.1) is 0 Å². The van der Waals surface area contributed by atoms with Crippen molar-refractivity contribution < 1.29 is 14.7 Å². The number of benzene rings is 2. The monoisotopic (exact) mass is 268 g/mol. The fourth-order valence-corrected chi connectivity index (χ4v) is 2.15. The van der Waals surface area contributed by atoms with Gasteiger partial charge in [-0.1, -0.05) is 42.5 Å². The van der Waals surface area contributed by atoms with E-state index in [9.17, 15) is 14.7 Å². The van der Waals surface area contributed by atoms with Crippen LogP contribution in [0.3, 0.4) is 0 Å². The van der Waals surface area contributed by atoms with Crippen molar-refractivity contribution in [1.82, 2.24) is 0 Å². The van der Waals surface area contributed by atoms with Crippen LogP contribution in [0.4, 0.5) is 0 Å². The minimum atomic E-state index is -0.172. The van der Waals surface area contributed by atoms with Gasteiger partial charge >= 0.3 is 0 Å². The average molecular weight is 268 g/mol. The molecule has 20 heavy (non-hydrogen) atoms. The van der Waals surface area contributed by atoms with E-state index in [1.54, 1.807) is 42.5 Å². The Balaban J connectivity index is 2.36. The number of hydrogen-bond acceptors (Lipinski definition) is 3. The van der Waals surface area contributed by atoms with Crippen molar-refractivity contribution in [2.45, 2.75) is 20.0 Å². The van der Waals surface area contributed by atoms with E-state index in [0.717, 1.165) is 5.56 Å². The second kappa shape index (κ2) is 6.26. The number of hydrogen-bond donors (Lipinski definition) is 1. The van der Waals surface area contributed by atoms with Crippen LogP contribution in [0.2, 0.25) is 0 Å². The summed E-state index contributed by atoms with van der Waals surface area (Å²) in [6, 6.07) is 14.0. The number of ketones is 2. The lowest BCUT2D eigenvalue weighted by atomic mass is 9.96. The van der Waals surface area contributed by atoms with E-state index in [-0.39, 0.29) is 18.2 Å².